The number of sulfonamides is 1. The molecule has 0 unspecified atom stereocenters. The van der Waals surface area contributed by atoms with Crippen LogP contribution in [-0.4, -0.2) is 25.7 Å². The molecule has 2 aromatic rings. The molecule has 24 heavy (non-hydrogen) atoms. The number of thiophene rings is 1. The number of nitrogens with zero attached hydrogens (tertiary/aromatic N) is 1. The molecule has 2 rings (SSSR count). The zero-order valence-corrected chi connectivity index (χ0v) is 16.0. The Morgan fingerprint density at radius 3 is 2.46 bits per heavy atom. The van der Waals surface area contributed by atoms with E-state index in [2.05, 4.69) is 5.32 Å². The molecule has 130 valence electrons. The van der Waals surface area contributed by atoms with Gasteiger partial charge in [-0.1, -0.05) is 23.7 Å². The second kappa shape index (κ2) is 7.65. The van der Waals surface area contributed by atoms with Crippen molar-refractivity contribution in [1.82, 2.24) is 9.62 Å². The highest BCUT2D eigenvalue weighted by molar-refractivity contribution is 7.91. The lowest BCUT2D eigenvalue weighted by Gasteiger charge is -2.24. The minimum Gasteiger partial charge on any atom is -0.351 e. The van der Waals surface area contributed by atoms with Crippen molar-refractivity contribution in [2.45, 2.75) is 30.6 Å². The normalized spacial score (nSPS) is 13.0. The van der Waals surface area contributed by atoms with Crippen molar-refractivity contribution in [3.8, 4) is 0 Å². The molecule has 1 aromatic heterocycles. The van der Waals surface area contributed by atoms with E-state index in [0.717, 1.165) is 21.8 Å². The summed E-state index contributed by atoms with van der Waals surface area (Å²) >= 11 is 7.04. The summed E-state index contributed by atoms with van der Waals surface area (Å²) in [4.78, 5) is 11.7. The summed E-state index contributed by atoms with van der Waals surface area (Å²) in [5.41, 5.74) is 0.862. The van der Waals surface area contributed by atoms with Gasteiger partial charge in [0.25, 0.3) is 10.0 Å². The summed E-state index contributed by atoms with van der Waals surface area (Å²) in [6, 6.07) is 10.1. The largest absolute Gasteiger partial charge is 0.351 e. The fourth-order valence-electron chi connectivity index (χ4n) is 2.10. The lowest BCUT2D eigenvalue weighted by atomic mass is 10.1. The molecule has 0 saturated heterocycles. The average Bonchev–Trinajstić information content (AvgIpc) is 3.02. The average molecular weight is 387 g/mol. The Kier molecular flexibility index (Phi) is 6.03. The van der Waals surface area contributed by atoms with Crippen molar-refractivity contribution >= 4 is 38.9 Å². The Hall–Kier alpha value is -1.41. The fourth-order valence-corrected chi connectivity index (χ4v) is 5.06. The van der Waals surface area contributed by atoms with Crippen molar-refractivity contribution in [2.24, 2.45) is 0 Å². The van der Waals surface area contributed by atoms with Crippen LogP contribution in [0.25, 0.3) is 0 Å². The van der Waals surface area contributed by atoms with Gasteiger partial charge in [0.2, 0.25) is 5.91 Å². The van der Waals surface area contributed by atoms with Crippen LogP contribution >= 0.6 is 22.9 Å². The number of rotatable bonds is 6. The maximum atomic E-state index is 12.8. The number of hydrogen-bond donors (Lipinski definition) is 1. The van der Waals surface area contributed by atoms with Crippen LogP contribution in [0.4, 0.5) is 0 Å². The van der Waals surface area contributed by atoms with E-state index < -0.39 is 10.0 Å². The molecule has 1 amide bonds. The Labute approximate surface area is 151 Å². The van der Waals surface area contributed by atoms with Crippen molar-refractivity contribution in [1.29, 1.82) is 0 Å². The summed E-state index contributed by atoms with van der Waals surface area (Å²) in [6.07, 6.45) is 0. The number of carbonyl (C=O) groups is 1. The highest BCUT2D eigenvalue weighted by Crippen LogP contribution is 2.30. The maximum Gasteiger partial charge on any atom is 0.252 e. The van der Waals surface area contributed by atoms with Gasteiger partial charge in [0.1, 0.15) is 4.21 Å². The summed E-state index contributed by atoms with van der Waals surface area (Å²) in [7, 11) is -2.05. The van der Waals surface area contributed by atoms with E-state index >= 15 is 0 Å². The van der Waals surface area contributed by atoms with Crippen LogP contribution in [0.1, 0.15) is 30.3 Å². The van der Waals surface area contributed by atoms with Gasteiger partial charge in [0.15, 0.2) is 0 Å². The Morgan fingerprint density at radius 1 is 1.25 bits per heavy atom. The summed E-state index contributed by atoms with van der Waals surface area (Å²) < 4.78 is 27.2. The smallest absolute Gasteiger partial charge is 0.252 e. The minimum atomic E-state index is -3.61. The topological polar surface area (TPSA) is 66.5 Å². The van der Waals surface area contributed by atoms with Gasteiger partial charge in [-0.15, -0.1) is 11.3 Å². The molecular weight excluding hydrogens is 368 g/mol. The van der Waals surface area contributed by atoms with Gasteiger partial charge in [0.05, 0.1) is 6.54 Å². The first-order chi connectivity index (χ1) is 11.2. The van der Waals surface area contributed by atoms with Crippen LogP contribution in [0, 0.1) is 0 Å². The predicted molar refractivity (Wildman–Crippen MR) is 96.7 cm³/mol. The molecule has 5 nitrogen and oxygen atoms in total. The Morgan fingerprint density at radius 2 is 1.88 bits per heavy atom. The van der Waals surface area contributed by atoms with Crippen molar-refractivity contribution in [2.75, 3.05) is 7.05 Å². The second-order valence-electron chi connectivity index (χ2n) is 5.38. The highest BCUT2D eigenvalue weighted by Gasteiger charge is 2.27. The van der Waals surface area contributed by atoms with Gasteiger partial charge < -0.3 is 5.32 Å². The molecule has 0 saturated carbocycles. The number of carbonyl (C=O) groups excluding carboxylic acids is 1. The van der Waals surface area contributed by atoms with Crippen LogP contribution in [0.3, 0.4) is 0 Å². The van der Waals surface area contributed by atoms with Crippen LogP contribution in [-0.2, 0) is 21.4 Å². The van der Waals surface area contributed by atoms with E-state index in [1.165, 1.54) is 11.2 Å². The number of nitrogens with one attached hydrogen (secondary N) is 1. The van der Waals surface area contributed by atoms with E-state index in [9.17, 15) is 13.2 Å². The van der Waals surface area contributed by atoms with Gasteiger partial charge in [-0.05, 0) is 36.8 Å². The first kappa shape index (κ1) is 18.9. The first-order valence-electron chi connectivity index (χ1n) is 7.28. The van der Waals surface area contributed by atoms with E-state index in [1.807, 2.05) is 19.1 Å². The quantitative estimate of drug-likeness (QED) is 0.827. The SMILES string of the molecule is CC(=O)NCc1ccc(S(=O)(=O)N(C)[C@@H](C)c2ccc(Cl)cc2)s1. The monoisotopic (exact) mass is 386 g/mol. The van der Waals surface area contributed by atoms with Crippen LogP contribution in [0.15, 0.2) is 40.6 Å². The number of benzene rings is 1. The molecule has 0 fully saturated rings. The van der Waals surface area contributed by atoms with Gasteiger partial charge in [-0.25, -0.2) is 8.42 Å². The second-order valence-corrected chi connectivity index (χ2v) is 9.21. The number of halogens is 1. The van der Waals surface area contributed by atoms with E-state index in [0.29, 0.717) is 11.6 Å². The number of hydrogen-bond acceptors (Lipinski definition) is 4. The summed E-state index contributed by atoms with van der Waals surface area (Å²) in [5, 5.41) is 3.27. The van der Waals surface area contributed by atoms with E-state index in [1.54, 1.807) is 31.3 Å². The molecule has 0 aliphatic rings. The van der Waals surface area contributed by atoms with Crippen LogP contribution in [0.5, 0.6) is 0 Å². The standard InChI is InChI=1S/C16H19ClN2O3S2/c1-11(13-4-6-14(17)7-5-13)19(3)24(21,22)16-9-8-15(23-16)10-18-12(2)20/h4-9,11H,10H2,1-3H3,(H,18,20)/t11-/m0/s1. The molecule has 1 N–H and O–H groups in total. The maximum absolute atomic E-state index is 12.8. The van der Waals surface area contributed by atoms with Gasteiger partial charge in [-0.3, -0.25) is 4.79 Å². The molecule has 0 spiro atoms. The summed E-state index contributed by atoms with van der Waals surface area (Å²) in [5.74, 6) is -0.152. The number of amides is 1. The molecule has 0 bridgehead atoms. The van der Waals surface area contributed by atoms with Gasteiger partial charge >= 0.3 is 0 Å². The fraction of sp³-hybridized carbons (Fsp3) is 0.312. The Balaban J connectivity index is 2.19. The van der Waals surface area contributed by atoms with Crippen LogP contribution < -0.4 is 5.32 Å². The van der Waals surface area contributed by atoms with Crippen molar-refractivity contribution < 1.29 is 13.2 Å². The third-order valence-electron chi connectivity index (χ3n) is 3.68. The first-order valence-corrected chi connectivity index (χ1v) is 9.92. The predicted octanol–water partition coefficient (Wildman–Crippen LogP) is 3.42. The molecule has 0 radical (unpaired) electrons. The molecular formula is C16H19ClN2O3S2. The summed E-state index contributed by atoms with van der Waals surface area (Å²) in [6.45, 7) is 3.57. The third kappa shape index (κ3) is 4.36. The zero-order valence-electron chi connectivity index (χ0n) is 13.6. The lowest BCUT2D eigenvalue weighted by Crippen LogP contribution is -2.29. The van der Waals surface area contributed by atoms with E-state index in [4.69, 9.17) is 11.6 Å². The zero-order chi connectivity index (χ0) is 17.9. The van der Waals surface area contributed by atoms with Gasteiger partial charge in [-0.2, -0.15) is 4.31 Å². The lowest BCUT2D eigenvalue weighted by molar-refractivity contribution is -0.119. The van der Waals surface area contributed by atoms with Crippen LogP contribution in [0.2, 0.25) is 5.02 Å². The van der Waals surface area contributed by atoms with E-state index in [-0.39, 0.29) is 16.2 Å². The minimum absolute atomic E-state index is 0.152. The molecule has 1 atom stereocenters. The van der Waals surface area contributed by atoms with Crippen molar-refractivity contribution in [3.05, 3.63) is 51.9 Å². The molecule has 1 aromatic carbocycles. The molecule has 0 aliphatic carbocycles. The molecule has 8 heteroatoms. The Bertz CT molecular complexity index is 816. The van der Waals surface area contributed by atoms with Gasteiger partial charge in [0, 0.05) is 29.9 Å². The highest BCUT2D eigenvalue weighted by atomic mass is 35.5. The molecule has 1 heterocycles. The third-order valence-corrected chi connectivity index (χ3v) is 7.41. The molecule has 0 aliphatic heterocycles. The van der Waals surface area contributed by atoms with Crippen molar-refractivity contribution in [3.63, 3.8) is 0 Å².